The summed E-state index contributed by atoms with van der Waals surface area (Å²) < 4.78 is 23.1. The molecular weight excluding hydrogens is 308 g/mol. The molecule has 0 saturated carbocycles. The fraction of sp³-hybridized carbons (Fsp3) is 0.600. The van der Waals surface area contributed by atoms with Gasteiger partial charge < -0.3 is 18.9 Å². The van der Waals surface area contributed by atoms with E-state index in [1.807, 2.05) is 23.5 Å². The van der Waals surface area contributed by atoms with E-state index in [2.05, 4.69) is 12.1 Å². The maximum atomic E-state index is 6.17. The van der Waals surface area contributed by atoms with Crippen molar-refractivity contribution in [1.82, 2.24) is 0 Å². The summed E-state index contributed by atoms with van der Waals surface area (Å²) in [6, 6.07) is 4.19. The average Bonchev–Trinajstić information content (AvgIpc) is 2.83. The molecule has 2 aliphatic heterocycles. The summed E-state index contributed by atoms with van der Waals surface area (Å²) in [4.78, 5) is 0. The highest BCUT2D eigenvalue weighted by Crippen LogP contribution is 2.66. The molecule has 0 amide bonds. The molecule has 0 atom stereocenters. The lowest BCUT2D eigenvalue weighted by molar-refractivity contribution is -0.240. The molecule has 0 radical (unpaired) electrons. The van der Waals surface area contributed by atoms with E-state index in [0.717, 1.165) is 42.6 Å². The Morgan fingerprint density at radius 1 is 1.00 bits per heavy atom. The normalized spacial score (nSPS) is 33.8. The van der Waals surface area contributed by atoms with Crippen LogP contribution in [0.5, 0.6) is 11.5 Å². The van der Waals surface area contributed by atoms with E-state index in [9.17, 15) is 0 Å². The minimum Gasteiger partial charge on any atom is -0.493 e. The monoisotopic (exact) mass is 326 g/mol. The Morgan fingerprint density at radius 3 is 2.24 bits per heavy atom. The number of rotatable bonds is 2. The second kappa shape index (κ2) is 4.98. The Bertz CT molecular complexity index is 563. The fourth-order valence-electron chi connectivity index (χ4n) is 3.48. The Kier molecular flexibility index (Phi) is 3.33. The van der Waals surface area contributed by atoms with Gasteiger partial charge in [-0.25, -0.2) is 0 Å². The van der Waals surface area contributed by atoms with Crippen molar-refractivity contribution in [3.8, 4) is 11.5 Å². The third kappa shape index (κ3) is 1.79. The highest BCUT2D eigenvalue weighted by molar-refractivity contribution is 8.17. The average molecular weight is 326 g/mol. The molecule has 4 nitrogen and oxygen atoms in total. The van der Waals surface area contributed by atoms with Crippen molar-refractivity contribution in [3.05, 3.63) is 23.3 Å². The third-order valence-electron chi connectivity index (χ3n) is 4.34. The van der Waals surface area contributed by atoms with Crippen molar-refractivity contribution in [2.24, 2.45) is 0 Å². The van der Waals surface area contributed by atoms with Crippen LogP contribution in [0.1, 0.15) is 11.1 Å². The molecule has 114 valence electrons. The Morgan fingerprint density at radius 2 is 1.62 bits per heavy atom. The van der Waals surface area contributed by atoms with Crippen LogP contribution in [0.3, 0.4) is 0 Å². The molecule has 0 bridgehead atoms. The van der Waals surface area contributed by atoms with Crippen LogP contribution >= 0.6 is 23.5 Å². The van der Waals surface area contributed by atoms with Crippen LogP contribution in [0.15, 0.2) is 12.1 Å². The van der Waals surface area contributed by atoms with Crippen LogP contribution in [-0.2, 0) is 20.0 Å². The number of hydrogen-bond donors (Lipinski definition) is 0. The smallest absolute Gasteiger partial charge is 0.200 e. The maximum absolute atomic E-state index is 6.17. The molecule has 0 spiro atoms. The van der Waals surface area contributed by atoms with E-state index >= 15 is 0 Å². The highest BCUT2D eigenvalue weighted by atomic mass is 32.2. The topological polar surface area (TPSA) is 36.9 Å². The number of fused-ring (bicyclic) bond motifs is 1. The predicted octanol–water partition coefficient (Wildman–Crippen LogP) is 2.64. The lowest BCUT2D eigenvalue weighted by Gasteiger charge is -2.50. The fourth-order valence-corrected chi connectivity index (χ4v) is 6.73. The predicted molar refractivity (Wildman–Crippen MR) is 84.5 cm³/mol. The lowest BCUT2D eigenvalue weighted by Crippen LogP contribution is -2.55. The SMILES string of the molecule is COc1cc2c(cc1OC)C13SCCOC1(C2)OCCS3. The Balaban J connectivity index is 1.90. The van der Waals surface area contributed by atoms with Gasteiger partial charge in [-0.1, -0.05) is 0 Å². The lowest BCUT2D eigenvalue weighted by atomic mass is 10.1. The van der Waals surface area contributed by atoms with Gasteiger partial charge in [-0.05, 0) is 23.3 Å². The number of methoxy groups -OCH3 is 2. The van der Waals surface area contributed by atoms with Crippen LogP contribution in [0, 0.1) is 0 Å². The molecule has 1 aromatic rings. The molecule has 2 fully saturated rings. The minimum absolute atomic E-state index is 0.168. The van der Waals surface area contributed by atoms with E-state index in [1.165, 1.54) is 11.1 Å². The first-order valence-electron chi connectivity index (χ1n) is 7.06. The van der Waals surface area contributed by atoms with Crippen molar-refractivity contribution in [2.45, 2.75) is 16.3 Å². The van der Waals surface area contributed by atoms with Gasteiger partial charge in [-0.3, -0.25) is 0 Å². The Hall–Kier alpha value is -0.560. The second-order valence-corrected chi connectivity index (χ2v) is 8.18. The molecule has 3 aliphatic rings. The molecule has 0 N–H and O–H groups in total. The van der Waals surface area contributed by atoms with Gasteiger partial charge in [0.1, 0.15) is 4.08 Å². The van der Waals surface area contributed by atoms with Gasteiger partial charge >= 0.3 is 0 Å². The van der Waals surface area contributed by atoms with Gasteiger partial charge in [0.05, 0.1) is 27.4 Å². The summed E-state index contributed by atoms with van der Waals surface area (Å²) in [6.07, 6.45) is 0.780. The highest BCUT2D eigenvalue weighted by Gasteiger charge is 2.64. The molecule has 1 aromatic carbocycles. The molecule has 21 heavy (non-hydrogen) atoms. The molecule has 4 rings (SSSR count). The first kappa shape index (κ1) is 14.1. The van der Waals surface area contributed by atoms with Gasteiger partial charge in [0.15, 0.2) is 11.5 Å². The van der Waals surface area contributed by atoms with Crippen molar-refractivity contribution in [2.75, 3.05) is 38.9 Å². The summed E-state index contributed by atoms with van der Waals surface area (Å²) in [5, 5.41) is 0. The van der Waals surface area contributed by atoms with Gasteiger partial charge in [-0.2, -0.15) is 0 Å². The molecule has 2 saturated heterocycles. The molecule has 1 aliphatic carbocycles. The number of benzene rings is 1. The van der Waals surface area contributed by atoms with Crippen molar-refractivity contribution in [1.29, 1.82) is 0 Å². The van der Waals surface area contributed by atoms with E-state index < -0.39 is 5.79 Å². The van der Waals surface area contributed by atoms with Crippen LogP contribution in [0.2, 0.25) is 0 Å². The standard InChI is InChI=1S/C15H18O4S2/c1-16-12-7-10-9-14-15(20-5-3-18-14,21-6-4-19-14)11(10)8-13(12)17-2/h7-8H,3-6,9H2,1-2H3. The summed E-state index contributed by atoms with van der Waals surface area (Å²) >= 11 is 3.90. The molecule has 0 aromatic heterocycles. The van der Waals surface area contributed by atoms with Crippen molar-refractivity contribution >= 4 is 23.5 Å². The largest absolute Gasteiger partial charge is 0.493 e. The van der Waals surface area contributed by atoms with E-state index in [1.54, 1.807) is 14.2 Å². The van der Waals surface area contributed by atoms with Crippen LogP contribution in [0.4, 0.5) is 0 Å². The number of thioether (sulfide) groups is 2. The van der Waals surface area contributed by atoms with E-state index in [4.69, 9.17) is 18.9 Å². The molecular formula is C15H18O4S2. The maximum Gasteiger partial charge on any atom is 0.200 e. The van der Waals surface area contributed by atoms with Crippen LogP contribution in [0.25, 0.3) is 0 Å². The van der Waals surface area contributed by atoms with Crippen LogP contribution in [-0.4, -0.2) is 44.7 Å². The quantitative estimate of drug-likeness (QED) is 0.832. The summed E-state index contributed by atoms with van der Waals surface area (Å²) in [6.45, 7) is 1.49. The van der Waals surface area contributed by atoms with Crippen molar-refractivity contribution < 1.29 is 18.9 Å². The zero-order valence-electron chi connectivity index (χ0n) is 12.1. The zero-order chi connectivity index (χ0) is 14.5. The second-order valence-electron chi connectivity index (χ2n) is 5.30. The third-order valence-corrected chi connectivity index (χ3v) is 7.66. The molecule has 6 heteroatoms. The Labute approximate surface area is 132 Å². The van der Waals surface area contributed by atoms with Crippen LogP contribution < -0.4 is 9.47 Å². The first-order chi connectivity index (χ1) is 10.2. The number of hydrogen-bond acceptors (Lipinski definition) is 6. The minimum atomic E-state index is -0.529. The summed E-state index contributed by atoms with van der Waals surface area (Å²) in [7, 11) is 3.35. The zero-order valence-corrected chi connectivity index (χ0v) is 13.8. The molecule has 0 unspecified atom stereocenters. The van der Waals surface area contributed by atoms with E-state index in [-0.39, 0.29) is 4.08 Å². The van der Waals surface area contributed by atoms with Gasteiger partial charge in [-0.15, -0.1) is 23.5 Å². The van der Waals surface area contributed by atoms with Gasteiger partial charge in [0, 0.05) is 17.9 Å². The first-order valence-corrected chi connectivity index (χ1v) is 9.03. The van der Waals surface area contributed by atoms with Gasteiger partial charge in [0.25, 0.3) is 0 Å². The summed E-state index contributed by atoms with van der Waals surface area (Å²) in [5.74, 6) is 3.00. The van der Waals surface area contributed by atoms with Gasteiger partial charge in [0.2, 0.25) is 5.79 Å². The number of ether oxygens (including phenoxy) is 4. The molecule has 2 heterocycles. The summed E-state index contributed by atoms with van der Waals surface area (Å²) in [5.41, 5.74) is 2.52. The van der Waals surface area contributed by atoms with E-state index in [0.29, 0.717) is 0 Å². The van der Waals surface area contributed by atoms with Crippen molar-refractivity contribution in [3.63, 3.8) is 0 Å².